The van der Waals surface area contributed by atoms with E-state index in [2.05, 4.69) is 5.32 Å². The van der Waals surface area contributed by atoms with Gasteiger partial charge in [0, 0.05) is 11.6 Å². The maximum Gasteiger partial charge on any atom is 0.268 e. The fourth-order valence-corrected chi connectivity index (χ4v) is 2.36. The predicted octanol–water partition coefficient (Wildman–Crippen LogP) is 1.92. The molecule has 0 saturated carbocycles. The lowest BCUT2D eigenvalue weighted by Gasteiger charge is -2.33. The van der Waals surface area contributed by atoms with Gasteiger partial charge in [-0.05, 0) is 45.4 Å². The second kappa shape index (κ2) is 6.81. The predicted molar refractivity (Wildman–Crippen MR) is 86.8 cm³/mol. The lowest BCUT2D eigenvalue weighted by molar-refractivity contribution is -0.128. The Morgan fingerprint density at radius 2 is 2.09 bits per heavy atom. The number of carbonyl (C=O) groups excluding carboxylic acids is 3. The third-order valence-electron chi connectivity index (χ3n) is 3.90. The first kappa shape index (κ1) is 17.0. The van der Waals surface area contributed by atoms with Gasteiger partial charge in [-0.1, -0.05) is 6.92 Å². The molecule has 2 atom stereocenters. The number of fused-ring (bicyclic) bond motifs is 1. The number of benzene rings is 1. The number of rotatable bonds is 5. The van der Waals surface area contributed by atoms with Gasteiger partial charge in [-0.25, -0.2) is 0 Å². The van der Waals surface area contributed by atoms with Crippen LogP contribution < -0.4 is 15.0 Å². The molecule has 0 aliphatic carbocycles. The third kappa shape index (κ3) is 3.70. The number of hydrogen-bond acceptors (Lipinski definition) is 4. The van der Waals surface area contributed by atoms with Gasteiger partial charge in [0.25, 0.3) is 5.91 Å². The van der Waals surface area contributed by atoms with Crippen LogP contribution in [0.1, 0.15) is 44.5 Å². The van der Waals surface area contributed by atoms with Crippen LogP contribution in [-0.4, -0.2) is 36.3 Å². The average molecular weight is 318 g/mol. The van der Waals surface area contributed by atoms with Crippen molar-refractivity contribution >= 4 is 23.3 Å². The van der Waals surface area contributed by atoms with Crippen LogP contribution in [0, 0.1) is 0 Å². The molecular formula is C17H22N2O4. The number of anilines is 1. The number of nitrogens with one attached hydrogen (secondary N) is 1. The van der Waals surface area contributed by atoms with E-state index in [1.165, 1.54) is 11.8 Å². The maximum atomic E-state index is 12.4. The van der Waals surface area contributed by atoms with E-state index in [9.17, 15) is 14.4 Å². The second-order valence-corrected chi connectivity index (χ2v) is 5.80. The molecule has 2 amide bonds. The number of hydrogen-bond donors (Lipinski definition) is 1. The van der Waals surface area contributed by atoms with Crippen molar-refractivity contribution in [1.82, 2.24) is 5.32 Å². The standard InChI is InChI=1S/C17H22N2O4/c1-5-10(2)18-16(21)9-19-14-8-13(11(3)20)6-7-15(14)23-12(4)17(19)22/h6-8,10,12H,5,9H2,1-4H3,(H,18,21). The molecule has 1 aliphatic heterocycles. The normalized spacial score (nSPS) is 18.0. The van der Waals surface area contributed by atoms with E-state index < -0.39 is 6.10 Å². The molecule has 0 spiro atoms. The first-order valence-electron chi connectivity index (χ1n) is 7.75. The molecule has 6 nitrogen and oxygen atoms in total. The van der Waals surface area contributed by atoms with Crippen LogP contribution in [0.5, 0.6) is 5.75 Å². The molecule has 23 heavy (non-hydrogen) atoms. The molecule has 124 valence electrons. The lowest BCUT2D eigenvalue weighted by atomic mass is 10.1. The van der Waals surface area contributed by atoms with Crippen LogP contribution in [0.15, 0.2) is 18.2 Å². The van der Waals surface area contributed by atoms with E-state index in [1.807, 2.05) is 13.8 Å². The minimum atomic E-state index is -0.665. The fourth-order valence-electron chi connectivity index (χ4n) is 2.36. The average Bonchev–Trinajstić information content (AvgIpc) is 2.51. The van der Waals surface area contributed by atoms with Crippen LogP contribution in [0.4, 0.5) is 5.69 Å². The summed E-state index contributed by atoms with van der Waals surface area (Å²) in [5, 5.41) is 2.84. The largest absolute Gasteiger partial charge is 0.479 e. The number of Topliss-reactive ketones (excluding diaryl/α,β-unsaturated/α-hetero) is 1. The van der Waals surface area contributed by atoms with Gasteiger partial charge in [0.15, 0.2) is 11.9 Å². The van der Waals surface area contributed by atoms with E-state index in [0.717, 1.165) is 6.42 Å². The number of amides is 2. The number of ether oxygens (including phenoxy) is 1. The van der Waals surface area contributed by atoms with Gasteiger partial charge in [-0.15, -0.1) is 0 Å². The van der Waals surface area contributed by atoms with Crippen molar-refractivity contribution in [3.05, 3.63) is 23.8 Å². The van der Waals surface area contributed by atoms with Crippen molar-refractivity contribution in [2.45, 2.75) is 46.3 Å². The van der Waals surface area contributed by atoms with Gasteiger partial charge in [0.1, 0.15) is 12.3 Å². The fraction of sp³-hybridized carbons (Fsp3) is 0.471. The first-order valence-corrected chi connectivity index (χ1v) is 7.75. The molecule has 6 heteroatoms. The Balaban J connectivity index is 2.31. The topological polar surface area (TPSA) is 75.7 Å². The van der Waals surface area contributed by atoms with Gasteiger partial charge in [0.2, 0.25) is 5.91 Å². The quantitative estimate of drug-likeness (QED) is 0.842. The van der Waals surface area contributed by atoms with Crippen molar-refractivity contribution in [3.63, 3.8) is 0 Å². The highest BCUT2D eigenvalue weighted by Crippen LogP contribution is 2.34. The number of ketones is 1. The third-order valence-corrected chi connectivity index (χ3v) is 3.90. The summed E-state index contributed by atoms with van der Waals surface area (Å²) in [6, 6.07) is 4.95. The second-order valence-electron chi connectivity index (χ2n) is 5.80. The zero-order valence-corrected chi connectivity index (χ0v) is 13.9. The minimum absolute atomic E-state index is 0.0408. The smallest absolute Gasteiger partial charge is 0.268 e. The Morgan fingerprint density at radius 1 is 1.39 bits per heavy atom. The molecule has 0 fully saturated rings. The monoisotopic (exact) mass is 318 g/mol. The molecule has 2 rings (SSSR count). The van der Waals surface area contributed by atoms with Crippen LogP contribution in [-0.2, 0) is 9.59 Å². The minimum Gasteiger partial charge on any atom is -0.479 e. The summed E-state index contributed by atoms with van der Waals surface area (Å²) in [4.78, 5) is 37.5. The molecule has 0 saturated heterocycles. The molecule has 1 aromatic carbocycles. The molecule has 1 N–H and O–H groups in total. The van der Waals surface area contributed by atoms with Gasteiger partial charge in [0.05, 0.1) is 5.69 Å². The summed E-state index contributed by atoms with van der Waals surface area (Å²) in [6.07, 6.45) is 0.145. The Kier molecular flexibility index (Phi) is 5.03. The Hall–Kier alpha value is -2.37. The Bertz CT molecular complexity index is 641. The molecule has 1 heterocycles. The van der Waals surface area contributed by atoms with Crippen LogP contribution in [0.3, 0.4) is 0 Å². The van der Waals surface area contributed by atoms with Gasteiger partial charge >= 0.3 is 0 Å². The van der Waals surface area contributed by atoms with E-state index in [0.29, 0.717) is 17.0 Å². The van der Waals surface area contributed by atoms with Crippen molar-refractivity contribution in [2.24, 2.45) is 0 Å². The number of carbonyl (C=O) groups is 3. The Labute approximate surface area is 135 Å². The Morgan fingerprint density at radius 3 is 2.70 bits per heavy atom. The summed E-state index contributed by atoms with van der Waals surface area (Å²) in [7, 11) is 0. The molecule has 0 radical (unpaired) electrons. The van der Waals surface area contributed by atoms with Crippen molar-refractivity contribution in [3.8, 4) is 5.75 Å². The van der Waals surface area contributed by atoms with E-state index in [4.69, 9.17) is 4.74 Å². The summed E-state index contributed by atoms with van der Waals surface area (Å²) in [6.45, 7) is 6.88. The lowest BCUT2D eigenvalue weighted by Crippen LogP contribution is -2.49. The van der Waals surface area contributed by atoms with Crippen LogP contribution in [0.2, 0.25) is 0 Å². The highest BCUT2D eigenvalue weighted by molar-refractivity contribution is 6.05. The zero-order valence-electron chi connectivity index (χ0n) is 13.9. The summed E-state index contributed by atoms with van der Waals surface area (Å²) < 4.78 is 5.56. The molecular weight excluding hydrogens is 296 g/mol. The number of nitrogens with zero attached hydrogens (tertiary/aromatic N) is 1. The summed E-state index contributed by atoms with van der Waals surface area (Å²) >= 11 is 0. The molecule has 0 bridgehead atoms. The van der Waals surface area contributed by atoms with Crippen molar-refractivity contribution in [2.75, 3.05) is 11.4 Å². The summed E-state index contributed by atoms with van der Waals surface area (Å²) in [5.74, 6) is -0.139. The van der Waals surface area contributed by atoms with Crippen molar-refractivity contribution < 1.29 is 19.1 Å². The van der Waals surface area contributed by atoms with Crippen LogP contribution in [0.25, 0.3) is 0 Å². The zero-order chi connectivity index (χ0) is 17.1. The van der Waals surface area contributed by atoms with Crippen LogP contribution >= 0.6 is 0 Å². The SMILES string of the molecule is CCC(C)NC(=O)CN1C(=O)C(C)Oc2ccc(C(C)=O)cc21. The van der Waals surface area contributed by atoms with E-state index in [-0.39, 0.29) is 30.2 Å². The van der Waals surface area contributed by atoms with E-state index in [1.54, 1.807) is 25.1 Å². The molecule has 1 aromatic rings. The molecule has 2 unspecified atom stereocenters. The molecule has 0 aromatic heterocycles. The first-order chi connectivity index (χ1) is 10.8. The van der Waals surface area contributed by atoms with Crippen molar-refractivity contribution in [1.29, 1.82) is 0 Å². The maximum absolute atomic E-state index is 12.4. The van der Waals surface area contributed by atoms with Gasteiger partial charge in [-0.3, -0.25) is 19.3 Å². The van der Waals surface area contributed by atoms with Gasteiger partial charge < -0.3 is 10.1 Å². The summed E-state index contributed by atoms with van der Waals surface area (Å²) in [5.41, 5.74) is 0.933. The van der Waals surface area contributed by atoms with E-state index >= 15 is 0 Å². The molecule has 1 aliphatic rings. The van der Waals surface area contributed by atoms with Gasteiger partial charge in [-0.2, -0.15) is 0 Å². The highest BCUT2D eigenvalue weighted by atomic mass is 16.5. The highest BCUT2D eigenvalue weighted by Gasteiger charge is 2.33.